The summed E-state index contributed by atoms with van der Waals surface area (Å²) in [4.78, 5) is 23.6. The monoisotopic (exact) mass is 259 g/mol. The number of cyclic esters (lactones) is 1. The summed E-state index contributed by atoms with van der Waals surface area (Å²) < 4.78 is 5.09. The Morgan fingerprint density at radius 1 is 1.21 bits per heavy atom. The van der Waals surface area contributed by atoms with Crippen LogP contribution in [0.1, 0.15) is 26.3 Å². The molecule has 0 radical (unpaired) electrons. The lowest BCUT2D eigenvalue weighted by atomic mass is 10.00. The largest absolute Gasteiger partial charge is 0.444 e. The van der Waals surface area contributed by atoms with E-state index in [0.717, 1.165) is 5.56 Å². The van der Waals surface area contributed by atoms with Crippen LogP contribution in [0.15, 0.2) is 36.4 Å². The van der Waals surface area contributed by atoms with Gasteiger partial charge in [-0.1, -0.05) is 30.3 Å². The quantitative estimate of drug-likeness (QED) is 0.825. The highest BCUT2D eigenvalue weighted by Crippen LogP contribution is 2.26. The second kappa shape index (κ2) is 4.88. The number of carbonyl (C=O) groups is 2. The molecular formula is C15H17NO3. The van der Waals surface area contributed by atoms with Crippen molar-refractivity contribution in [3.63, 3.8) is 0 Å². The van der Waals surface area contributed by atoms with Gasteiger partial charge < -0.3 is 10.1 Å². The fraction of sp³-hybridized carbons (Fsp3) is 0.333. The summed E-state index contributed by atoms with van der Waals surface area (Å²) in [6, 6.07) is 9.30. The van der Waals surface area contributed by atoms with Crippen molar-refractivity contribution in [3.05, 3.63) is 42.0 Å². The molecule has 2 rings (SSSR count). The third kappa shape index (κ3) is 3.22. The normalized spacial score (nSPS) is 18.8. The van der Waals surface area contributed by atoms with Crippen molar-refractivity contribution >= 4 is 17.4 Å². The molecule has 1 aliphatic heterocycles. The standard InChI is InChI=1S/C15H17NO3/c1-15(2,3)16-14(18)13-11(9-12(17)19-13)10-7-5-4-6-8-10/h4-9,13H,1-3H3,(H,16,18). The molecule has 0 fully saturated rings. The van der Waals surface area contributed by atoms with Crippen molar-refractivity contribution < 1.29 is 14.3 Å². The second-order valence-corrected chi connectivity index (χ2v) is 5.52. The molecule has 0 spiro atoms. The Kier molecular flexibility index (Phi) is 3.42. The van der Waals surface area contributed by atoms with Crippen LogP contribution in [0.5, 0.6) is 0 Å². The predicted octanol–water partition coefficient (Wildman–Crippen LogP) is 1.91. The highest BCUT2D eigenvalue weighted by molar-refractivity contribution is 6.06. The van der Waals surface area contributed by atoms with Crippen molar-refractivity contribution in [1.29, 1.82) is 0 Å². The number of ether oxygens (including phenoxy) is 1. The van der Waals surface area contributed by atoms with Crippen LogP contribution in [-0.2, 0) is 14.3 Å². The maximum Gasteiger partial charge on any atom is 0.332 e. The minimum Gasteiger partial charge on any atom is -0.444 e. The minimum atomic E-state index is -0.867. The topological polar surface area (TPSA) is 55.4 Å². The van der Waals surface area contributed by atoms with E-state index in [1.807, 2.05) is 51.1 Å². The zero-order chi connectivity index (χ0) is 14.0. The summed E-state index contributed by atoms with van der Waals surface area (Å²) in [5.74, 6) is -0.777. The Hall–Kier alpha value is -2.10. The van der Waals surface area contributed by atoms with Gasteiger partial charge in [0.15, 0.2) is 0 Å². The van der Waals surface area contributed by atoms with Crippen molar-refractivity contribution in [1.82, 2.24) is 5.32 Å². The van der Waals surface area contributed by atoms with E-state index in [9.17, 15) is 9.59 Å². The van der Waals surface area contributed by atoms with E-state index >= 15 is 0 Å². The van der Waals surface area contributed by atoms with Gasteiger partial charge in [-0.25, -0.2) is 4.79 Å². The highest BCUT2D eigenvalue weighted by Gasteiger charge is 2.34. The van der Waals surface area contributed by atoms with Crippen LogP contribution in [0.4, 0.5) is 0 Å². The minimum absolute atomic E-state index is 0.298. The van der Waals surface area contributed by atoms with Crippen molar-refractivity contribution in [2.45, 2.75) is 32.4 Å². The van der Waals surface area contributed by atoms with Crippen LogP contribution in [-0.4, -0.2) is 23.5 Å². The molecule has 1 amide bonds. The lowest BCUT2D eigenvalue weighted by Gasteiger charge is -2.23. The van der Waals surface area contributed by atoms with E-state index in [4.69, 9.17) is 4.74 Å². The molecular weight excluding hydrogens is 242 g/mol. The summed E-state index contributed by atoms with van der Waals surface area (Å²) >= 11 is 0. The highest BCUT2D eigenvalue weighted by atomic mass is 16.6. The van der Waals surface area contributed by atoms with E-state index < -0.39 is 12.1 Å². The van der Waals surface area contributed by atoms with Crippen molar-refractivity contribution in [2.24, 2.45) is 0 Å². The number of rotatable bonds is 2. The molecule has 1 heterocycles. The zero-order valence-electron chi connectivity index (χ0n) is 11.3. The Bertz CT molecular complexity index is 526. The molecule has 100 valence electrons. The van der Waals surface area contributed by atoms with Gasteiger partial charge >= 0.3 is 5.97 Å². The third-order valence-electron chi connectivity index (χ3n) is 2.63. The number of amides is 1. The number of benzene rings is 1. The molecule has 0 aliphatic carbocycles. The van der Waals surface area contributed by atoms with Gasteiger partial charge in [-0.05, 0) is 26.3 Å². The van der Waals surface area contributed by atoms with Gasteiger partial charge in [0, 0.05) is 17.2 Å². The number of carbonyl (C=O) groups excluding carboxylic acids is 2. The molecule has 0 saturated heterocycles. The summed E-state index contributed by atoms with van der Waals surface area (Å²) in [7, 11) is 0. The van der Waals surface area contributed by atoms with E-state index in [-0.39, 0.29) is 11.4 Å². The van der Waals surface area contributed by atoms with Crippen LogP contribution in [0.25, 0.3) is 5.57 Å². The van der Waals surface area contributed by atoms with Gasteiger partial charge in [0.2, 0.25) is 6.10 Å². The van der Waals surface area contributed by atoms with Crippen LogP contribution >= 0.6 is 0 Å². The van der Waals surface area contributed by atoms with Crippen LogP contribution in [0.3, 0.4) is 0 Å². The molecule has 1 atom stereocenters. The van der Waals surface area contributed by atoms with Gasteiger partial charge in [-0.15, -0.1) is 0 Å². The smallest absolute Gasteiger partial charge is 0.332 e. The first kappa shape index (κ1) is 13.3. The van der Waals surface area contributed by atoms with E-state index in [1.165, 1.54) is 6.08 Å². The fourth-order valence-electron chi connectivity index (χ4n) is 1.91. The lowest BCUT2D eigenvalue weighted by Crippen LogP contribution is -2.46. The molecule has 0 saturated carbocycles. The Labute approximate surface area is 112 Å². The molecule has 0 bridgehead atoms. The molecule has 1 aromatic carbocycles. The van der Waals surface area contributed by atoms with Gasteiger partial charge in [0.05, 0.1) is 0 Å². The lowest BCUT2D eigenvalue weighted by molar-refractivity contribution is -0.146. The summed E-state index contributed by atoms with van der Waals surface area (Å²) in [6.07, 6.45) is 0.511. The van der Waals surface area contributed by atoms with E-state index in [2.05, 4.69) is 5.32 Å². The first-order valence-electron chi connectivity index (χ1n) is 6.16. The van der Waals surface area contributed by atoms with Gasteiger partial charge in [-0.3, -0.25) is 4.79 Å². The van der Waals surface area contributed by atoms with Gasteiger partial charge in [0.1, 0.15) is 0 Å². The summed E-state index contributed by atoms with van der Waals surface area (Å²) in [5.41, 5.74) is 1.06. The molecule has 1 N–H and O–H groups in total. The summed E-state index contributed by atoms with van der Waals surface area (Å²) in [6.45, 7) is 5.65. The van der Waals surface area contributed by atoms with Crippen LogP contribution in [0, 0.1) is 0 Å². The summed E-state index contributed by atoms with van der Waals surface area (Å²) in [5, 5.41) is 2.82. The molecule has 19 heavy (non-hydrogen) atoms. The first-order chi connectivity index (χ1) is 8.87. The van der Waals surface area contributed by atoms with Crippen molar-refractivity contribution in [2.75, 3.05) is 0 Å². The molecule has 1 aromatic rings. The number of hydrogen-bond donors (Lipinski definition) is 1. The molecule has 4 heteroatoms. The van der Waals surface area contributed by atoms with Crippen LogP contribution < -0.4 is 5.32 Å². The number of nitrogens with one attached hydrogen (secondary N) is 1. The molecule has 1 aliphatic rings. The predicted molar refractivity (Wildman–Crippen MR) is 72.2 cm³/mol. The van der Waals surface area contributed by atoms with Crippen molar-refractivity contribution in [3.8, 4) is 0 Å². The Morgan fingerprint density at radius 3 is 2.42 bits per heavy atom. The maximum absolute atomic E-state index is 12.2. The third-order valence-corrected chi connectivity index (χ3v) is 2.63. The Morgan fingerprint density at radius 2 is 1.84 bits per heavy atom. The SMILES string of the molecule is CC(C)(C)NC(=O)C1OC(=O)C=C1c1ccccc1. The zero-order valence-corrected chi connectivity index (χ0v) is 11.3. The first-order valence-corrected chi connectivity index (χ1v) is 6.16. The molecule has 4 nitrogen and oxygen atoms in total. The number of hydrogen-bond acceptors (Lipinski definition) is 3. The second-order valence-electron chi connectivity index (χ2n) is 5.52. The van der Waals surface area contributed by atoms with Gasteiger partial charge in [0.25, 0.3) is 5.91 Å². The Balaban J connectivity index is 2.25. The average molecular weight is 259 g/mol. The average Bonchev–Trinajstić information content (AvgIpc) is 2.70. The van der Waals surface area contributed by atoms with E-state index in [1.54, 1.807) is 0 Å². The maximum atomic E-state index is 12.2. The van der Waals surface area contributed by atoms with E-state index in [0.29, 0.717) is 5.57 Å². The fourth-order valence-corrected chi connectivity index (χ4v) is 1.91. The van der Waals surface area contributed by atoms with Gasteiger partial charge in [-0.2, -0.15) is 0 Å². The van der Waals surface area contributed by atoms with Crippen LogP contribution in [0.2, 0.25) is 0 Å². The molecule has 0 aromatic heterocycles. The molecule has 1 unspecified atom stereocenters. The number of esters is 1.